The van der Waals surface area contributed by atoms with Crippen LogP contribution in [-0.2, 0) is 0 Å². The second-order valence-corrected chi connectivity index (χ2v) is 6.10. The first-order valence-electron chi connectivity index (χ1n) is 7.77. The van der Waals surface area contributed by atoms with Gasteiger partial charge in [-0.05, 0) is 44.3 Å². The topological polar surface area (TPSA) is 58.4 Å². The quantitative estimate of drug-likeness (QED) is 0.644. The number of nitrogens with zero attached hydrogens (tertiary/aromatic N) is 2. The van der Waals surface area contributed by atoms with Crippen molar-refractivity contribution in [3.05, 3.63) is 33.9 Å². The minimum atomic E-state index is -0.345. The van der Waals surface area contributed by atoms with Crippen molar-refractivity contribution in [1.29, 1.82) is 0 Å². The van der Waals surface area contributed by atoms with Crippen LogP contribution in [0.25, 0.3) is 0 Å². The molecule has 116 valence electrons. The van der Waals surface area contributed by atoms with E-state index in [4.69, 9.17) is 0 Å². The normalized spacial score (nSPS) is 17.4. The molecule has 2 rings (SSSR count). The number of aryl methyl sites for hydroxylation is 1. The van der Waals surface area contributed by atoms with E-state index in [2.05, 4.69) is 17.1 Å². The van der Waals surface area contributed by atoms with Gasteiger partial charge in [-0.2, -0.15) is 0 Å². The Balaban J connectivity index is 1.86. The van der Waals surface area contributed by atoms with Gasteiger partial charge in [0.25, 0.3) is 5.69 Å². The molecule has 0 amide bonds. The first-order chi connectivity index (χ1) is 10.1. The smallest absolute Gasteiger partial charge is 0.271 e. The van der Waals surface area contributed by atoms with Crippen LogP contribution >= 0.6 is 0 Å². The van der Waals surface area contributed by atoms with Gasteiger partial charge in [-0.1, -0.05) is 19.4 Å². The van der Waals surface area contributed by atoms with Crippen LogP contribution in [-0.4, -0.2) is 36.0 Å². The number of rotatable bonds is 6. The van der Waals surface area contributed by atoms with Gasteiger partial charge in [-0.3, -0.25) is 10.1 Å². The van der Waals surface area contributed by atoms with Gasteiger partial charge < -0.3 is 10.2 Å². The van der Waals surface area contributed by atoms with E-state index >= 15 is 0 Å². The highest BCUT2D eigenvalue weighted by atomic mass is 16.6. The van der Waals surface area contributed by atoms with Crippen LogP contribution < -0.4 is 5.32 Å². The summed E-state index contributed by atoms with van der Waals surface area (Å²) in [6, 6.07) is 4.98. The van der Waals surface area contributed by atoms with Gasteiger partial charge >= 0.3 is 0 Å². The molecule has 1 fully saturated rings. The van der Waals surface area contributed by atoms with Crippen molar-refractivity contribution < 1.29 is 4.92 Å². The molecule has 1 aromatic carbocycles. The van der Waals surface area contributed by atoms with Crippen molar-refractivity contribution in [2.75, 3.05) is 31.5 Å². The highest BCUT2D eigenvalue weighted by molar-refractivity contribution is 5.56. The fraction of sp³-hybridized carbons (Fsp3) is 0.625. The zero-order valence-electron chi connectivity index (χ0n) is 13.0. The van der Waals surface area contributed by atoms with Crippen LogP contribution in [0.15, 0.2) is 18.2 Å². The van der Waals surface area contributed by atoms with Gasteiger partial charge in [0, 0.05) is 30.9 Å². The molecule has 0 bridgehead atoms. The first kappa shape index (κ1) is 15.8. The third kappa shape index (κ3) is 4.70. The predicted molar refractivity (Wildman–Crippen MR) is 85.8 cm³/mol. The maximum absolute atomic E-state index is 10.8. The Labute approximate surface area is 126 Å². The molecular formula is C16H25N3O2. The van der Waals surface area contributed by atoms with Gasteiger partial charge in [0.2, 0.25) is 0 Å². The second-order valence-electron chi connectivity index (χ2n) is 6.10. The summed E-state index contributed by atoms with van der Waals surface area (Å²) in [5, 5.41) is 14.2. The Kier molecular flexibility index (Phi) is 5.56. The van der Waals surface area contributed by atoms with Crippen molar-refractivity contribution in [2.24, 2.45) is 5.92 Å². The highest BCUT2D eigenvalue weighted by Gasteiger charge is 2.14. The van der Waals surface area contributed by atoms with E-state index in [9.17, 15) is 10.1 Å². The van der Waals surface area contributed by atoms with Gasteiger partial charge in [0.15, 0.2) is 0 Å². The fourth-order valence-electron chi connectivity index (χ4n) is 2.85. The molecule has 21 heavy (non-hydrogen) atoms. The molecule has 0 radical (unpaired) electrons. The highest BCUT2D eigenvalue weighted by Crippen LogP contribution is 2.22. The molecule has 5 nitrogen and oxygen atoms in total. The van der Waals surface area contributed by atoms with Crippen LogP contribution in [0.5, 0.6) is 0 Å². The number of nitro groups is 1. The predicted octanol–water partition coefficient (Wildman–Crippen LogP) is 3.44. The SMILES string of the molecule is Cc1ccc([N+](=O)[O-])cc1NCC(C)CN1CCCCC1. The van der Waals surface area contributed by atoms with Crippen LogP contribution in [0.2, 0.25) is 0 Å². The number of hydrogen-bond donors (Lipinski definition) is 1. The third-order valence-electron chi connectivity index (χ3n) is 4.09. The molecule has 5 heteroatoms. The lowest BCUT2D eigenvalue weighted by atomic mass is 10.1. The molecule has 1 atom stereocenters. The zero-order valence-corrected chi connectivity index (χ0v) is 13.0. The van der Waals surface area contributed by atoms with Crippen LogP contribution in [0, 0.1) is 23.0 Å². The summed E-state index contributed by atoms with van der Waals surface area (Å²) < 4.78 is 0. The molecule has 1 unspecified atom stereocenters. The molecule has 1 aliphatic heterocycles. The molecular weight excluding hydrogens is 266 g/mol. The van der Waals surface area contributed by atoms with Crippen LogP contribution in [0.3, 0.4) is 0 Å². The fourth-order valence-corrected chi connectivity index (χ4v) is 2.85. The molecule has 0 aromatic heterocycles. The molecule has 0 saturated carbocycles. The average molecular weight is 291 g/mol. The number of likely N-dealkylation sites (tertiary alicyclic amines) is 1. The van der Waals surface area contributed by atoms with E-state index in [1.54, 1.807) is 18.2 Å². The van der Waals surface area contributed by atoms with Crippen molar-refractivity contribution in [3.63, 3.8) is 0 Å². The van der Waals surface area contributed by atoms with Crippen molar-refractivity contribution in [1.82, 2.24) is 4.90 Å². The summed E-state index contributed by atoms with van der Waals surface area (Å²) in [5.41, 5.74) is 2.06. The Hall–Kier alpha value is -1.62. The van der Waals surface area contributed by atoms with E-state index in [0.29, 0.717) is 5.92 Å². The summed E-state index contributed by atoms with van der Waals surface area (Å²) in [6.45, 7) is 8.56. The standard InChI is InChI=1S/C16H25N3O2/c1-13(12-18-8-4-3-5-9-18)11-17-16-10-15(19(20)21)7-6-14(16)2/h6-7,10,13,17H,3-5,8-9,11-12H2,1-2H3. The second kappa shape index (κ2) is 7.41. The molecule has 1 N–H and O–H groups in total. The summed E-state index contributed by atoms with van der Waals surface area (Å²) in [4.78, 5) is 13.0. The summed E-state index contributed by atoms with van der Waals surface area (Å²) in [7, 11) is 0. The Morgan fingerprint density at radius 2 is 2.05 bits per heavy atom. The van der Waals surface area contributed by atoms with Gasteiger partial charge in [-0.15, -0.1) is 0 Å². The maximum Gasteiger partial charge on any atom is 0.271 e. The third-order valence-corrected chi connectivity index (χ3v) is 4.09. The van der Waals surface area contributed by atoms with Gasteiger partial charge in [-0.25, -0.2) is 0 Å². The minimum absolute atomic E-state index is 0.145. The lowest BCUT2D eigenvalue weighted by Gasteiger charge is -2.29. The molecule has 1 heterocycles. The van der Waals surface area contributed by atoms with E-state index in [1.807, 2.05) is 6.92 Å². The Morgan fingerprint density at radius 3 is 2.71 bits per heavy atom. The zero-order chi connectivity index (χ0) is 15.2. The molecule has 1 aromatic rings. The Bertz CT molecular complexity index is 484. The first-order valence-corrected chi connectivity index (χ1v) is 7.77. The molecule has 1 saturated heterocycles. The lowest BCUT2D eigenvalue weighted by molar-refractivity contribution is -0.384. The van der Waals surface area contributed by atoms with Crippen molar-refractivity contribution in [2.45, 2.75) is 33.1 Å². The Morgan fingerprint density at radius 1 is 1.33 bits per heavy atom. The van der Waals surface area contributed by atoms with Crippen molar-refractivity contribution >= 4 is 11.4 Å². The number of piperidine rings is 1. The number of nitro benzene ring substituents is 1. The number of anilines is 1. The van der Waals surface area contributed by atoms with Gasteiger partial charge in [0.05, 0.1) is 4.92 Å². The lowest BCUT2D eigenvalue weighted by Crippen LogP contribution is -2.35. The van der Waals surface area contributed by atoms with Crippen LogP contribution in [0.1, 0.15) is 31.7 Å². The van der Waals surface area contributed by atoms with E-state index in [1.165, 1.54) is 32.4 Å². The summed E-state index contributed by atoms with van der Waals surface area (Å²) in [5.74, 6) is 0.529. The number of non-ortho nitro benzene ring substituents is 1. The van der Waals surface area contributed by atoms with Gasteiger partial charge in [0.1, 0.15) is 0 Å². The number of benzene rings is 1. The molecule has 0 aliphatic carbocycles. The van der Waals surface area contributed by atoms with Crippen molar-refractivity contribution in [3.8, 4) is 0 Å². The van der Waals surface area contributed by atoms with E-state index in [-0.39, 0.29) is 10.6 Å². The number of hydrogen-bond acceptors (Lipinski definition) is 4. The summed E-state index contributed by atoms with van der Waals surface area (Å²) in [6.07, 6.45) is 3.98. The average Bonchev–Trinajstić information content (AvgIpc) is 2.47. The largest absolute Gasteiger partial charge is 0.384 e. The molecule has 1 aliphatic rings. The molecule has 0 spiro atoms. The minimum Gasteiger partial charge on any atom is -0.384 e. The monoisotopic (exact) mass is 291 g/mol. The van der Waals surface area contributed by atoms with E-state index in [0.717, 1.165) is 24.3 Å². The number of nitrogens with one attached hydrogen (secondary N) is 1. The maximum atomic E-state index is 10.8. The summed E-state index contributed by atoms with van der Waals surface area (Å²) >= 11 is 0. The van der Waals surface area contributed by atoms with Crippen LogP contribution in [0.4, 0.5) is 11.4 Å². The van der Waals surface area contributed by atoms with E-state index < -0.39 is 0 Å².